The minimum absolute atomic E-state index is 0.170. The third-order valence-corrected chi connectivity index (χ3v) is 2.68. The zero-order valence-corrected chi connectivity index (χ0v) is 12.5. The third kappa shape index (κ3) is 6.56. The summed E-state index contributed by atoms with van der Waals surface area (Å²) in [6.45, 7) is 5.98. The zero-order chi connectivity index (χ0) is 15.8. The van der Waals surface area contributed by atoms with E-state index in [0.29, 0.717) is 23.8 Å². The summed E-state index contributed by atoms with van der Waals surface area (Å²) in [7, 11) is 0. The van der Waals surface area contributed by atoms with E-state index < -0.39 is 11.8 Å². The monoisotopic (exact) mass is 291 g/mol. The standard InChI is InChI=1S/C15H21N3O3/c1-10(2)8-9-16-14(20)15(21)18-13-6-4-12(5-7-13)17-11(3)19/h4-7,10H,8-9H2,1-3H3,(H,16,20)(H,17,19)(H,18,21). The van der Waals surface area contributed by atoms with E-state index in [1.54, 1.807) is 24.3 Å². The summed E-state index contributed by atoms with van der Waals surface area (Å²) in [5.41, 5.74) is 1.12. The van der Waals surface area contributed by atoms with Gasteiger partial charge in [-0.2, -0.15) is 0 Å². The molecule has 0 unspecified atom stereocenters. The number of nitrogens with one attached hydrogen (secondary N) is 3. The van der Waals surface area contributed by atoms with Gasteiger partial charge in [0.25, 0.3) is 0 Å². The van der Waals surface area contributed by atoms with Crippen molar-refractivity contribution in [2.75, 3.05) is 17.2 Å². The Hall–Kier alpha value is -2.37. The minimum Gasteiger partial charge on any atom is -0.348 e. The van der Waals surface area contributed by atoms with Gasteiger partial charge in [0, 0.05) is 24.8 Å². The number of benzene rings is 1. The van der Waals surface area contributed by atoms with Crippen molar-refractivity contribution >= 4 is 29.1 Å². The lowest BCUT2D eigenvalue weighted by Gasteiger charge is -2.08. The highest BCUT2D eigenvalue weighted by Gasteiger charge is 2.13. The molecule has 0 spiro atoms. The molecule has 3 amide bonds. The van der Waals surface area contributed by atoms with E-state index in [4.69, 9.17) is 0 Å². The van der Waals surface area contributed by atoms with Crippen molar-refractivity contribution in [3.05, 3.63) is 24.3 Å². The quantitative estimate of drug-likeness (QED) is 0.722. The Bertz CT molecular complexity index is 509. The van der Waals surface area contributed by atoms with Crippen LogP contribution in [0.25, 0.3) is 0 Å². The van der Waals surface area contributed by atoms with Crippen LogP contribution in [-0.4, -0.2) is 24.3 Å². The van der Waals surface area contributed by atoms with Crippen molar-refractivity contribution in [2.24, 2.45) is 5.92 Å². The van der Waals surface area contributed by atoms with Crippen LogP contribution in [0, 0.1) is 5.92 Å². The van der Waals surface area contributed by atoms with Gasteiger partial charge in [-0.3, -0.25) is 14.4 Å². The van der Waals surface area contributed by atoms with Gasteiger partial charge in [-0.15, -0.1) is 0 Å². The molecule has 0 aliphatic rings. The van der Waals surface area contributed by atoms with Crippen molar-refractivity contribution in [1.82, 2.24) is 5.32 Å². The molecule has 0 saturated heterocycles. The lowest BCUT2D eigenvalue weighted by Crippen LogP contribution is -2.36. The fourth-order valence-corrected chi connectivity index (χ4v) is 1.58. The summed E-state index contributed by atoms with van der Waals surface area (Å²) < 4.78 is 0. The number of carbonyl (C=O) groups is 3. The molecular weight excluding hydrogens is 270 g/mol. The van der Waals surface area contributed by atoms with Crippen LogP contribution in [0.3, 0.4) is 0 Å². The predicted molar refractivity (Wildman–Crippen MR) is 81.8 cm³/mol. The van der Waals surface area contributed by atoms with Crippen molar-refractivity contribution < 1.29 is 14.4 Å². The predicted octanol–water partition coefficient (Wildman–Crippen LogP) is 1.75. The molecule has 0 aliphatic heterocycles. The van der Waals surface area contributed by atoms with E-state index in [-0.39, 0.29) is 5.91 Å². The van der Waals surface area contributed by atoms with Crippen LogP contribution in [0.1, 0.15) is 27.2 Å². The van der Waals surface area contributed by atoms with Crippen molar-refractivity contribution in [3.8, 4) is 0 Å². The maximum atomic E-state index is 11.7. The molecule has 114 valence electrons. The van der Waals surface area contributed by atoms with Crippen molar-refractivity contribution in [2.45, 2.75) is 27.2 Å². The first kappa shape index (κ1) is 16.7. The lowest BCUT2D eigenvalue weighted by atomic mass is 10.1. The fraction of sp³-hybridized carbons (Fsp3) is 0.400. The molecule has 1 aromatic rings. The summed E-state index contributed by atoms with van der Waals surface area (Å²) in [4.78, 5) is 34.1. The first-order valence-electron chi connectivity index (χ1n) is 6.85. The van der Waals surface area contributed by atoms with E-state index >= 15 is 0 Å². The molecule has 3 N–H and O–H groups in total. The number of amides is 3. The van der Waals surface area contributed by atoms with Crippen LogP contribution in [0.2, 0.25) is 0 Å². The zero-order valence-electron chi connectivity index (χ0n) is 12.5. The SMILES string of the molecule is CC(=O)Nc1ccc(NC(=O)C(=O)NCCC(C)C)cc1. The molecular formula is C15H21N3O3. The topological polar surface area (TPSA) is 87.3 Å². The maximum Gasteiger partial charge on any atom is 0.313 e. The van der Waals surface area contributed by atoms with Gasteiger partial charge < -0.3 is 16.0 Å². The molecule has 0 saturated carbocycles. The van der Waals surface area contributed by atoms with Gasteiger partial charge in [0.1, 0.15) is 0 Å². The van der Waals surface area contributed by atoms with Gasteiger partial charge in [0.2, 0.25) is 5.91 Å². The Morgan fingerprint density at radius 3 is 1.95 bits per heavy atom. The van der Waals surface area contributed by atoms with E-state index in [1.807, 2.05) is 13.8 Å². The second-order valence-corrected chi connectivity index (χ2v) is 5.15. The van der Waals surface area contributed by atoms with Crippen molar-refractivity contribution in [3.63, 3.8) is 0 Å². The van der Waals surface area contributed by atoms with Gasteiger partial charge in [-0.05, 0) is 36.6 Å². The lowest BCUT2D eigenvalue weighted by molar-refractivity contribution is -0.136. The van der Waals surface area contributed by atoms with Crippen LogP contribution in [-0.2, 0) is 14.4 Å². The van der Waals surface area contributed by atoms with Crippen LogP contribution in [0.15, 0.2) is 24.3 Å². The summed E-state index contributed by atoms with van der Waals surface area (Å²) in [5, 5.41) is 7.68. The molecule has 0 aliphatic carbocycles. The Morgan fingerprint density at radius 2 is 1.48 bits per heavy atom. The molecule has 6 heteroatoms. The Kier molecular flexibility index (Phi) is 6.39. The van der Waals surface area contributed by atoms with Gasteiger partial charge >= 0.3 is 11.8 Å². The highest BCUT2D eigenvalue weighted by atomic mass is 16.2. The van der Waals surface area contributed by atoms with Gasteiger partial charge in [0.15, 0.2) is 0 Å². The molecule has 1 aromatic carbocycles. The molecule has 21 heavy (non-hydrogen) atoms. The van der Waals surface area contributed by atoms with Crippen molar-refractivity contribution in [1.29, 1.82) is 0 Å². The van der Waals surface area contributed by atoms with E-state index in [9.17, 15) is 14.4 Å². The van der Waals surface area contributed by atoms with E-state index in [1.165, 1.54) is 6.92 Å². The minimum atomic E-state index is -0.703. The number of hydrogen-bond donors (Lipinski definition) is 3. The Labute approximate surface area is 124 Å². The fourth-order valence-electron chi connectivity index (χ4n) is 1.58. The molecule has 0 aromatic heterocycles. The summed E-state index contributed by atoms with van der Waals surface area (Å²) in [5.74, 6) is -1.06. The van der Waals surface area contributed by atoms with Gasteiger partial charge in [-0.1, -0.05) is 13.8 Å². The molecule has 0 radical (unpaired) electrons. The maximum absolute atomic E-state index is 11.7. The smallest absolute Gasteiger partial charge is 0.313 e. The van der Waals surface area contributed by atoms with Crippen LogP contribution < -0.4 is 16.0 Å². The number of hydrogen-bond acceptors (Lipinski definition) is 3. The van der Waals surface area contributed by atoms with Crippen LogP contribution in [0.4, 0.5) is 11.4 Å². The van der Waals surface area contributed by atoms with E-state index in [2.05, 4.69) is 16.0 Å². The molecule has 0 fully saturated rings. The Morgan fingerprint density at radius 1 is 0.952 bits per heavy atom. The molecule has 0 bridgehead atoms. The van der Waals surface area contributed by atoms with Crippen LogP contribution >= 0.6 is 0 Å². The average Bonchev–Trinajstić information content (AvgIpc) is 2.39. The molecule has 0 atom stereocenters. The number of rotatable bonds is 5. The molecule has 0 heterocycles. The van der Waals surface area contributed by atoms with Gasteiger partial charge in [0.05, 0.1) is 0 Å². The second kappa shape index (κ2) is 8.04. The molecule has 6 nitrogen and oxygen atoms in total. The van der Waals surface area contributed by atoms with E-state index in [0.717, 1.165) is 6.42 Å². The Balaban J connectivity index is 2.46. The first-order chi connectivity index (χ1) is 9.88. The third-order valence-electron chi connectivity index (χ3n) is 2.68. The average molecular weight is 291 g/mol. The summed E-state index contributed by atoms with van der Waals surface area (Å²) in [6.07, 6.45) is 0.824. The normalized spacial score (nSPS) is 10.1. The summed E-state index contributed by atoms with van der Waals surface area (Å²) in [6, 6.07) is 6.52. The van der Waals surface area contributed by atoms with Crippen LogP contribution in [0.5, 0.6) is 0 Å². The second-order valence-electron chi connectivity index (χ2n) is 5.15. The molecule has 1 rings (SSSR count). The number of carbonyl (C=O) groups excluding carboxylic acids is 3. The highest BCUT2D eigenvalue weighted by Crippen LogP contribution is 2.13. The number of anilines is 2. The summed E-state index contributed by atoms with van der Waals surface area (Å²) >= 11 is 0. The van der Waals surface area contributed by atoms with Gasteiger partial charge in [-0.25, -0.2) is 0 Å². The first-order valence-corrected chi connectivity index (χ1v) is 6.85. The largest absolute Gasteiger partial charge is 0.348 e. The highest BCUT2D eigenvalue weighted by molar-refractivity contribution is 6.39.